The van der Waals surface area contributed by atoms with Gasteiger partial charge in [0.25, 0.3) is 6.47 Å². The fourth-order valence-corrected chi connectivity index (χ4v) is 2.27. The highest BCUT2D eigenvalue weighted by atomic mass is 16.5. The van der Waals surface area contributed by atoms with Gasteiger partial charge in [-0.05, 0) is 48.4 Å². The molecule has 0 aliphatic rings. The lowest BCUT2D eigenvalue weighted by Gasteiger charge is -2.09. The number of ether oxygens (including phenoxy) is 3. The zero-order chi connectivity index (χ0) is 20.5. The van der Waals surface area contributed by atoms with Crippen molar-refractivity contribution in [2.75, 3.05) is 0 Å². The summed E-state index contributed by atoms with van der Waals surface area (Å²) in [6.07, 6.45) is 3.93. The average Bonchev–Trinajstić information content (AvgIpc) is 2.70. The van der Waals surface area contributed by atoms with E-state index in [1.165, 1.54) is 6.07 Å². The minimum Gasteiger partial charge on any atom is -0.428 e. The maximum Gasteiger partial charge on any atom is 0.335 e. The van der Waals surface area contributed by atoms with Crippen molar-refractivity contribution in [3.8, 4) is 17.2 Å². The highest BCUT2D eigenvalue weighted by Crippen LogP contribution is 2.29. The molecule has 0 saturated carbocycles. The summed E-state index contributed by atoms with van der Waals surface area (Å²) < 4.78 is 15.1. The van der Waals surface area contributed by atoms with Crippen molar-refractivity contribution in [1.29, 1.82) is 0 Å². The largest absolute Gasteiger partial charge is 0.428 e. The van der Waals surface area contributed by atoms with Crippen molar-refractivity contribution in [1.82, 2.24) is 0 Å². The SMILES string of the molecule is C=CC(=O)Oc1ccc(/C(C)=C/c2ccc(OC(=O)C=C)cc2OC=O)cc1. The first-order valence-electron chi connectivity index (χ1n) is 8.18. The third kappa shape index (κ3) is 5.54. The standard InChI is InChI=1S/C22H18O6/c1-4-21(24)27-18-9-6-16(7-10-18)15(3)12-17-8-11-19(28-22(25)5-2)13-20(17)26-14-23/h4-14H,1-2H2,3H3/b15-12+. The molecule has 2 aromatic rings. The van der Waals surface area contributed by atoms with Crippen molar-refractivity contribution in [2.45, 2.75) is 6.92 Å². The molecule has 0 atom stereocenters. The number of hydrogen-bond acceptors (Lipinski definition) is 6. The predicted octanol–water partition coefficient (Wildman–Crippen LogP) is 3.97. The second-order valence-electron chi connectivity index (χ2n) is 5.52. The van der Waals surface area contributed by atoms with Crippen LogP contribution in [0.3, 0.4) is 0 Å². The van der Waals surface area contributed by atoms with E-state index in [0.29, 0.717) is 17.8 Å². The van der Waals surface area contributed by atoms with Crippen LogP contribution in [0, 0.1) is 0 Å². The average molecular weight is 378 g/mol. The number of rotatable bonds is 8. The molecule has 0 saturated heterocycles. The van der Waals surface area contributed by atoms with E-state index >= 15 is 0 Å². The Kier molecular flexibility index (Phi) is 7.05. The monoisotopic (exact) mass is 378 g/mol. The number of hydrogen-bond donors (Lipinski definition) is 0. The molecule has 0 heterocycles. The summed E-state index contributed by atoms with van der Waals surface area (Å²) in [6.45, 7) is 8.85. The van der Waals surface area contributed by atoms with Crippen LogP contribution >= 0.6 is 0 Å². The predicted molar refractivity (Wildman–Crippen MR) is 105 cm³/mol. The molecule has 6 heteroatoms. The van der Waals surface area contributed by atoms with Crippen LogP contribution in [-0.4, -0.2) is 18.4 Å². The molecule has 0 amide bonds. The van der Waals surface area contributed by atoms with E-state index in [4.69, 9.17) is 14.2 Å². The lowest BCUT2D eigenvalue weighted by molar-refractivity contribution is -0.129. The molecule has 0 N–H and O–H groups in total. The van der Waals surface area contributed by atoms with Crippen LogP contribution in [-0.2, 0) is 14.4 Å². The van der Waals surface area contributed by atoms with Crippen LogP contribution in [0.15, 0.2) is 67.8 Å². The van der Waals surface area contributed by atoms with E-state index in [1.54, 1.807) is 36.4 Å². The summed E-state index contributed by atoms with van der Waals surface area (Å²) in [7, 11) is 0. The van der Waals surface area contributed by atoms with Crippen LogP contribution < -0.4 is 14.2 Å². The number of esters is 2. The van der Waals surface area contributed by atoms with Gasteiger partial charge in [0.2, 0.25) is 0 Å². The Morgan fingerprint density at radius 1 is 0.893 bits per heavy atom. The summed E-state index contributed by atoms with van der Waals surface area (Å²) in [6, 6.07) is 11.6. The van der Waals surface area contributed by atoms with E-state index < -0.39 is 11.9 Å². The summed E-state index contributed by atoms with van der Waals surface area (Å²) in [5, 5.41) is 0. The lowest BCUT2D eigenvalue weighted by atomic mass is 10.0. The second-order valence-corrected chi connectivity index (χ2v) is 5.52. The number of carbonyl (C=O) groups excluding carboxylic acids is 3. The van der Waals surface area contributed by atoms with Gasteiger partial charge < -0.3 is 14.2 Å². The number of carbonyl (C=O) groups is 3. The van der Waals surface area contributed by atoms with Gasteiger partial charge in [0, 0.05) is 23.8 Å². The van der Waals surface area contributed by atoms with Crippen molar-refractivity contribution in [3.63, 3.8) is 0 Å². The molecule has 0 spiro atoms. The fourth-order valence-electron chi connectivity index (χ4n) is 2.27. The van der Waals surface area contributed by atoms with Gasteiger partial charge >= 0.3 is 11.9 Å². The zero-order valence-electron chi connectivity index (χ0n) is 15.2. The van der Waals surface area contributed by atoms with E-state index in [0.717, 1.165) is 23.3 Å². The summed E-state index contributed by atoms with van der Waals surface area (Å²) >= 11 is 0. The first-order valence-corrected chi connectivity index (χ1v) is 8.18. The van der Waals surface area contributed by atoms with Crippen LogP contribution in [0.2, 0.25) is 0 Å². The number of allylic oxidation sites excluding steroid dienone is 1. The maximum absolute atomic E-state index is 11.3. The van der Waals surface area contributed by atoms with Crippen LogP contribution in [0.5, 0.6) is 17.2 Å². The zero-order valence-corrected chi connectivity index (χ0v) is 15.2. The first kappa shape index (κ1) is 20.4. The molecule has 0 aliphatic carbocycles. The van der Waals surface area contributed by atoms with E-state index in [9.17, 15) is 14.4 Å². The molecule has 0 bridgehead atoms. The number of benzene rings is 2. The van der Waals surface area contributed by atoms with Gasteiger partial charge in [0.15, 0.2) is 0 Å². The van der Waals surface area contributed by atoms with Gasteiger partial charge in [0.1, 0.15) is 17.2 Å². The fraction of sp³-hybridized carbons (Fsp3) is 0.0455. The summed E-state index contributed by atoms with van der Waals surface area (Å²) in [5.41, 5.74) is 2.36. The summed E-state index contributed by atoms with van der Waals surface area (Å²) in [5.74, 6) is -0.285. The lowest BCUT2D eigenvalue weighted by Crippen LogP contribution is -2.03. The smallest absolute Gasteiger partial charge is 0.335 e. The molecule has 0 aliphatic heterocycles. The topological polar surface area (TPSA) is 78.9 Å². The van der Waals surface area contributed by atoms with Crippen molar-refractivity contribution < 1.29 is 28.6 Å². The van der Waals surface area contributed by atoms with Crippen molar-refractivity contribution >= 4 is 30.1 Å². The second kappa shape index (κ2) is 9.68. The van der Waals surface area contributed by atoms with Gasteiger partial charge in [-0.3, -0.25) is 4.79 Å². The minimum atomic E-state index is -0.617. The molecule has 0 aromatic heterocycles. The highest BCUT2D eigenvalue weighted by molar-refractivity contribution is 5.85. The van der Waals surface area contributed by atoms with E-state index in [1.807, 2.05) is 13.0 Å². The van der Waals surface area contributed by atoms with Gasteiger partial charge in [-0.2, -0.15) is 0 Å². The van der Waals surface area contributed by atoms with E-state index in [2.05, 4.69) is 13.2 Å². The third-order valence-electron chi connectivity index (χ3n) is 3.61. The Morgan fingerprint density at radius 3 is 2.04 bits per heavy atom. The van der Waals surface area contributed by atoms with Gasteiger partial charge in [0.05, 0.1) is 0 Å². The Hall–Kier alpha value is -3.93. The Labute approximate surface area is 162 Å². The molecule has 6 nitrogen and oxygen atoms in total. The van der Waals surface area contributed by atoms with Crippen molar-refractivity contribution in [2.24, 2.45) is 0 Å². The molecule has 0 unspecified atom stereocenters. The Balaban J connectivity index is 2.28. The molecule has 0 fully saturated rings. The molecular formula is C22H18O6. The highest BCUT2D eigenvalue weighted by Gasteiger charge is 2.08. The van der Waals surface area contributed by atoms with Gasteiger partial charge in [-0.15, -0.1) is 0 Å². The molecule has 2 rings (SSSR count). The van der Waals surface area contributed by atoms with Gasteiger partial charge in [-0.25, -0.2) is 9.59 Å². The minimum absolute atomic E-state index is 0.227. The normalized spacial score (nSPS) is 10.5. The molecule has 28 heavy (non-hydrogen) atoms. The van der Waals surface area contributed by atoms with Gasteiger partial charge in [-0.1, -0.05) is 25.3 Å². The Bertz CT molecular complexity index is 938. The Morgan fingerprint density at radius 2 is 1.46 bits per heavy atom. The molecule has 2 aromatic carbocycles. The van der Waals surface area contributed by atoms with Crippen LogP contribution in [0.4, 0.5) is 0 Å². The quantitative estimate of drug-likeness (QED) is 0.227. The molecular weight excluding hydrogens is 360 g/mol. The summed E-state index contributed by atoms with van der Waals surface area (Å²) in [4.78, 5) is 33.3. The van der Waals surface area contributed by atoms with E-state index in [-0.39, 0.29) is 11.5 Å². The van der Waals surface area contributed by atoms with Crippen molar-refractivity contribution in [3.05, 3.63) is 78.9 Å². The molecule has 0 radical (unpaired) electrons. The maximum atomic E-state index is 11.3. The molecule has 142 valence electrons. The first-order chi connectivity index (χ1) is 13.5. The van der Waals surface area contributed by atoms with Crippen LogP contribution in [0.25, 0.3) is 11.6 Å². The van der Waals surface area contributed by atoms with Crippen LogP contribution in [0.1, 0.15) is 18.1 Å². The third-order valence-corrected chi connectivity index (χ3v) is 3.61.